The predicted octanol–water partition coefficient (Wildman–Crippen LogP) is 2.37. The number of amides is 1. The van der Waals surface area contributed by atoms with Gasteiger partial charge in [0.05, 0.1) is 12.0 Å². The van der Waals surface area contributed by atoms with Crippen LogP contribution in [-0.4, -0.2) is 53.7 Å². The molecule has 10 nitrogen and oxygen atoms in total. The van der Waals surface area contributed by atoms with Crippen LogP contribution in [0.3, 0.4) is 0 Å². The van der Waals surface area contributed by atoms with E-state index in [0.717, 1.165) is 30.0 Å². The SMILES string of the molecule is COc1ccccc1-n1nc(C(=O)Nc2ccc(S(=O)(=O)N3CCCCC3)cc2)c(O)cc1=O. The molecular formula is C23H24N4O6S. The first-order chi connectivity index (χ1) is 16.3. The number of carbonyl (C=O) groups is 1. The Morgan fingerprint density at radius 3 is 2.41 bits per heavy atom. The normalized spacial score (nSPS) is 14.5. The summed E-state index contributed by atoms with van der Waals surface area (Å²) in [6, 6.07) is 13.3. The number of carbonyl (C=O) groups excluding carboxylic acids is 1. The van der Waals surface area contributed by atoms with E-state index >= 15 is 0 Å². The highest BCUT2D eigenvalue weighted by atomic mass is 32.2. The summed E-state index contributed by atoms with van der Waals surface area (Å²) < 4.78 is 33.3. The van der Waals surface area contributed by atoms with Crippen molar-refractivity contribution in [2.24, 2.45) is 0 Å². The molecule has 1 fully saturated rings. The summed E-state index contributed by atoms with van der Waals surface area (Å²) in [6.07, 6.45) is 2.68. The van der Waals surface area contributed by atoms with Crippen LogP contribution in [0.2, 0.25) is 0 Å². The molecule has 11 heteroatoms. The van der Waals surface area contributed by atoms with Crippen molar-refractivity contribution in [2.75, 3.05) is 25.5 Å². The molecule has 1 aromatic heterocycles. The number of hydrogen-bond acceptors (Lipinski definition) is 7. The number of hydrogen-bond donors (Lipinski definition) is 2. The van der Waals surface area contributed by atoms with Crippen LogP contribution >= 0.6 is 0 Å². The smallest absolute Gasteiger partial charge is 0.279 e. The second kappa shape index (κ2) is 9.65. The zero-order valence-electron chi connectivity index (χ0n) is 18.5. The summed E-state index contributed by atoms with van der Waals surface area (Å²) in [5, 5.41) is 16.8. The van der Waals surface area contributed by atoms with Gasteiger partial charge in [-0.3, -0.25) is 9.59 Å². The number of para-hydroxylation sites is 2. The topological polar surface area (TPSA) is 131 Å². The number of ether oxygens (including phenoxy) is 1. The number of nitrogens with one attached hydrogen (secondary N) is 1. The summed E-state index contributed by atoms with van der Waals surface area (Å²) in [6.45, 7) is 0.987. The van der Waals surface area contributed by atoms with Gasteiger partial charge in [-0.2, -0.15) is 14.1 Å². The number of piperidine rings is 1. The zero-order valence-corrected chi connectivity index (χ0v) is 19.3. The van der Waals surface area contributed by atoms with E-state index in [9.17, 15) is 23.1 Å². The largest absolute Gasteiger partial charge is 0.505 e. The number of aromatic nitrogens is 2. The molecule has 0 spiro atoms. The Kier molecular flexibility index (Phi) is 6.66. The minimum Gasteiger partial charge on any atom is -0.505 e. The quantitative estimate of drug-likeness (QED) is 0.549. The second-order valence-corrected chi connectivity index (χ2v) is 9.68. The highest BCUT2D eigenvalue weighted by molar-refractivity contribution is 7.89. The lowest BCUT2D eigenvalue weighted by atomic mass is 10.2. The molecule has 178 valence electrons. The fraction of sp³-hybridized carbons (Fsp3) is 0.261. The Morgan fingerprint density at radius 1 is 1.06 bits per heavy atom. The van der Waals surface area contributed by atoms with Crippen LogP contribution in [0.25, 0.3) is 5.69 Å². The standard InChI is InChI=1S/C23H24N4O6S/c1-33-20-8-4-3-7-18(20)27-21(29)15-19(28)22(25-27)23(30)24-16-9-11-17(12-10-16)34(31,32)26-13-5-2-6-14-26/h3-4,7-12,15,28H,2,5-6,13-14H2,1H3,(H,24,30). The number of anilines is 1. The Bertz CT molecular complexity index is 1360. The molecule has 0 unspecified atom stereocenters. The van der Waals surface area contributed by atoms with Crippen LogP contribution in [0.1, 0.15) is 29.8 Å². The Labute approximate surface area is 196 Å². The molecule has 0 bridgehead atoms. The van der Waals surface area contributed by atoms with Crippen molar-refractivity contribution in [1.82, 2.24) is 14.1 Å². The Morgan fingerprint density at radius 2 is 1.74 bits per heavy atom. The van der Waals surface area contributed by atoms with Gasteiger partial charge in [0.15, 0.2) is 11.4 Å². The number of nitrogens with zero attached hydrogens (tertiary/aromatic N) is 3. The lowest BCUT2D eigenvalue weighted by molar-refractivity contribution is 0.101. The summed E-state index contributed by atoms with van der Waals surface area (Å²) in [7, 11) is -2.16. The van der Waals surface area contributed by atoms with Gasteiger partial charge in [-0.25, -0.2) is 8.42 Å². The average Bonchev–Trinajstić information content (AvgIpc) is 2.85. The fourth-order valence-corrected chi connectivity index (χ4v) is 5.26. The first-order valence-electron chi connectivity index (χ1n) is 10.7. The van der Waals surface area contributed by atoms with E-state index in [1.807, 2.05) is 0 Å². The van der Waals surface area contributed by atoms with Crippen molar-refractivity contribution in [3.05, 3.63) is 70.6 Å². The molecular weight excluding hydrogens is 460 g/mol. The van der Waals surface area contributed by atoms with Crippen LogP contribution < -0.4 is 15.6 Å². The van der Waals surface area contributed by atoms with Gasteiger partial charge in [-0.05, 0) is 49.2 Å². The van der Waals surface area contributed by atoms with Crippen molar-refractivity contribution in [3.8, 4) is 17.2 Å². The highest BCUT2D eigenvalue weighted by Crippen LogP contribution is 2.24. The van der Waals surface area contributed by atoms with Gasteiger partial charge in [0.2, 0.25) is 10.0 Å². The average molecular weight is 485 g/mol. The Balaban J connectivity index is 1.58. The first-order valence-corrected chi connectivity index (χ1v) is 12.1. The van der Waals surface area contributed by atoms with Gasteiger partial charge >= 0.3 is 0 Å². The summed E-state index contributed by atoms with van der Waals surface area (Å²) in [5.74, 6) is -0.995. The van der Waals surface area contributed by atoms with E-state index in [1.54, 1.807) is 24.3 Å². The van der Waals surface area contributed by atoms with Gasteiger partial charge in [0.25, 0.3) is 11.5 Å². The Hall–Kier alpha value is -3.70. The molecule has 1 aliphatic heterocycles. The number of sulfonamides is 1. The van der Waals surface area contributed by atoms with Crippen LogP contribution in [0.15, 0.2) is 64.3 Å². The minimum absolute atomic E-state index is 0.137. The van der Waals surface area contributed by atoms with E-state index in [0.29, 0.717) is 30.2 Å². The number of rotatable bonds is 6. The van der Waals surface area contributed by atoms with Gasteiger partial charge in [0.1, 0.15) is 11.4 Å². The van der Waals surface area contributed by atoms with E-state index in [4.69, 9.17) is 4.74 Å². The molecule has 2 N–H and O–H groups in total. The molecule has 0 aliphatic carbocycles. The predicted molar refractivity (Wildman–Crippen MR) is 125 cm³/mol. The third-order valence-electron chi connectivity index (χ3n) is 5.50. The van der Waals surface area contributed by atoms with Crippen LogP contribution in [0.5, 0.6) is 11.5 Å². The maximum atomic E-state index is 12.8. The number of methoxy groups -OCH3 is 1. The number of benzene rings is 2. The summed E-state index contributed by atoms with van der Waals surface area (Å²) in [5.41, 5.74) is -0.420. The van der Waals surface area contributed by atoms with Crippen molar-refractivity contribution in [3.63, 3.8) is 0 Å². The van der Waals surface area contributed by atoms with Crippen LogP contribution in [0, 0.1) is 0 Å². The van der Waals surface area contributed by atoms with E-state index in [1.165, 1.54) is 35.7 Å². The third-order valence-corrected chi connectivity index (χ3v) is 7.42. The van der Waals surface area contributed by atoms with Gasteiger partial charge < -0.3 is 15.2 Å². The first kappa shape index (κ1) is 23.5. The zero-order chi connectivity index (χ0) is 24.3. The molecule has 34 heavy (non-hydrogen) atoms. The molecule has 1 saturated heterocycles. The molecule has 2 heterocycles. The molecule has 1 amide bonds. The maximum absolute atomic E-state index is 12.8. The molecule has 0 saturated carbocycles. The van der Waals surface area contributed by atoms with E-state index in [2.05, 4.69) is 10.4 Å². The van der Waals surface area contributed by atoms with Crippen molar-refractivity contribution in [1.29, 1.82) is 0 Å². The van der Waals surface area contributed by atoms with Crippen molar-refractivity contribution >= 4 is 21.6 Å². The second-order valence-electron chi connectivity index (χ2n) is 7.74. The molecule has 1 aliphatic rings. The molecule has 0 atom stereocenters. The minimum atomic E-state index is -3.60. The summed E-state index contributed by atoms with van der Waals surface area (Å²) in [4.78, 5) is 25.3. The molecule has 2 aromatic carbocycles. The van der Waals surface area contributed by atoms with Gasteiger partial charge in [-0.1, -0.05) is 18.6 Å². The monoisotopic (exact) mass is 484 g/mol. The third kappa shape index (κ3) is 4.66. The summed E-state index contributed by atoms with van der Waals surface area (Å²) >= 11 is 0. The van der Waals surface area contributed by atoms with Crippen LogP contribution in [-0.2, 0) is 10.0 Å². The van der Waals surface area contributed by atoms with Gasteiger partial charge in [-0.15, -0.1) is 0 Å². The molecule has 3 aromatic rings. The lowest BCUT2D eigenvalue weighted by Crippen LogP contribution is -2.35. The highest BCUT2D eigenvalue weighted by Gasteiger charge is 2.26. The fourth-order valence-electron chi connectivity index (χ4n) is 3.74. The molecule has 0 radical (unpaired) electrons. The lowest BCUT2D eigenvalue weighted by Gasteiger charge is -2.25. The van der Waals surface area contributed by atoms with E-state index < -0.39 is 27.2 Å². The van der Waals surface area contributed by atoms with Crippen molar-refractivity contribution in [2.45, 2.75) is 24.2 Å². The number of aromatic hydroxyl groups is 1. The maximum Gasteiger partial charge on any atom is 0.279 e. The van der Waals surface area contributed by atoms with Crippen molar-refractivity contribution < 1.29 is 23.1 Å². The van der Waals surface area contributed by atoms with Gasteiger partial charge in [0, 0.05) is 24.8 Å². The van der Waals surface area contributed by atoms with E-state index in [-0.39, 0.29) is 10.6 Å². The molecule has 4 rings (SSSR count). The van der Waals surface area contributed by atoms with Crippen LogP contribution in [0.4, 0.5) is 5.69 Å².